The van der Waals surface area contributed by atoms with Gasteiger partial charge in [0.1, 0.15) is 5.76 Å². The van der Waals surface area contributed by atoms with Crippen molar-refractivity contribution in [3.05, 3.63) is 27.7 Å². The van der Waals surface area contributed by atoms with Gasteiger partial charge in [-0.3, -0.25) is 4.79 Å². The van der Waals surface area contributed by atoms with E-state index in [2.05, 4.69) is 32.8 Å². The molecular formula is C15H21IN2O2. The van der Waals surface area contributed by atoms with Crippen molar-refractivity contribution in [3.8, 4) is 0 Å². The highest BCUT2D eigenvalue weighted by Gasteiger charge is 2.08. The average Bonchev–Trinajstić information content (AvgIpc) is 2.88. The predicted molar refractivity (Wildman–Crippen MR) is 88.4 cm³/mol. The van der Waals surface area contributed by atoms with Gasteiger partial charge >= 0.3 is 0 Å². The van der Waals surface area contributed by atoms with Gasteiger partial charge in [-0.05, 0) is 79.7 Å². The molecular weight excluding hydrogens is 367 g/mol. The van der Waals surface area contributed by atoms with Crippen LogP contribution in [0.2, 0.25) is 0 Å². The number of hydrogen-bond acceptors (Lipinski definition) is 3. The maximum atomic E-state index is 11.6. The molecule has 20 heavy (non-hydrogen) atoms. The first-order valence-corrected chi connectivity index (χ1v) is 8.25. The third-order valence-electron chi connectivity index (χ3n) is 3.39. The van der Waals surface area contributed by atoms with E-state index in [0.717, 1.165) is 23.3 Å². The highest BCUT2D eigenvalue weighted by molar-refractivity contribution is 14.1. The van der Waals surface area contributed by atoms with Gasteiger partial charge in [0.25, 0.3) is 0 Å². The fraction of sp³-hybridized carbons (Fsp3) is 0.533. The fourth-order valence-corrected chi connectivity index (χ4v) is 2.77. The van der Waals surface area contributed by atoms with Crippen molar-refractivity contribution in [2.75, 3.05) is 26.2 Å². The first-order chi connectivity index (χ1) is 9.74. The van der Waals surface area contributed by atoms with E-state index in [0.29, 0.717) is 5.76 Å². The van der Waals surface area contributed by atoms with Crippen LogP contribution in [-0.2, 0) is 4.79 Å². The quantitative estimate of drug-likeness (QED) is 0.463. The second kappa shape index (κ2) is 8.46. The molecule has 0 atom stereocenters. The molecule has 0 aromatic carbocycles. The van der Waals surface area contributed by atoms with Crippen LogP contribution >= 0.6 is 22.6 Å². The molecule has 0 aliphatic carbocycles. The van der Waals surface area contributed by atoms with Crippen LogP contribution < -0.4 is 5.32 Å². The van der Waals surface area contributed by atoms with Gasteiger partial charge in [-0.1, -0.05) is 6.42 Å². The number of amides is 1. The van der Waals surface area contributed by atoms with Crippen LogP contribution in [-0.4, -0.2) is 37.0 Å². The van der Waals surface area contributed by atoms with Gasteiger partial charge in [0, 0.05) is 12.6 Å². The summed E-state index contributed by atoms with van der Waals surface area (Å²) in [5, 5.41) is 2.90. The van der Waals surface area contributed by atoms with Crippen LogP contribution in [0.4, 0.5) is 0 Å². The molecule has 1 aliphatic rings. The first-order valence-electron chi connectivity index (χ1n) is 7.17. The zero-order valence-corrected chi connectivity index (χ0v) is 13.8. The standard InChI is InChI=1S/C15H21IN2O2/c16-14-7-5-13(20-14)6-8-15(19)17-9-4-12-18-10-2-1-3-11-18/h5-8H,1-4,9-12H2,(H,17,19)/b8-6+. The molecule has 2 heterocycles. The second-order valence-electron chi connectivity index (χ2n) is 5.02. The molecule has 1 aromatic heterocycles. The molecule has 1 amide bonds. The van der Waals surface area contributed by atoms with E-state index in [-0.39, 0.29) is 5.91 Å². The van der Waals surface area contributed by atoms with Gasteiger partial charge < -0.3 is 14.6 Å². The molecule has 0 spiro atoms. The van der Waals surface area contributed by atoms with Crippen molar-refractivity contribution in [1.82, 2.24) is 10.2 Å². The third-order valence-corrected chi connectivity index (χ3v) is 3.97. The Morgan fingerprint density at radius 1 is 1.35 bits per heavy atom. The molecule has 1 N–H and O–H groups in total. The van der Waals surface area contributed by atoms with E-state index >= 15 is 0 Å². The Kier molecular flexibility index (Phi) is 6.59. The van der Waals surface area contributed by atoms with Gasteiger partial charge in [-0.15, -0.1) is 0 Å². The maximum Gasteiger partial charge on any atom is 0.244 e. The van der Waals surface area contributed by atoms with E-state index in [1.165, 1.54) is 38.4 Å². The number of halogens is 1. The molecule has 5 heteroatoms. The van der Waals surface area contributed by atoms with Gasteiger partial charge in [0.05, 0.1) is 0 Å². The highest BCUT2D eigenvalue weighted by Crippen LogP contribution is 2.11. The monoisotopic (exact) mass is 388 g/mol. The summed E-state index contributed by atoms with van der Waals surface area (Å²) in [4.78, 5) is 14.1. The van der Waals surface area contributed by atoms with Crippen molar-refractivity contribution in [2.24, 2.45) is 0 Å². The molecule has 1 aliphatic heterocycles. The number of rotatable bonds is 6. The minimum Gasteiger partial charge on any atom is -0.451 e. The zero-order valence-electron chi connectivity index (χ0n) is 11.6. The average molecular weight is 388 g/mol. The fourth-order valence-electron chi connectivity index (χ4n) is 2.33. The minimum atomic E-state index is -0.0601. The number of carbonyl (C=O) groups excluding carboxylic acids is 1. The summed E-state index contributed by atoms with van der Waals surface area (Å²) in [6.45, 7) is 4.24. The summed E-state index contributed by atoms with van der Waals surface area (Å²) in [7, 11) is 0. The highest BCUT2D eigenvalue weighted by atomic mass is 127. The first kappa shape index (κ1) is 15.6. The maximum absolute atomic E-state index is 11.6. The van der Waals surface area contributed by atoms with Crippen LogP contribution in [0, 0.1) is 3.77 Å². The lowest BCUT2D eigenvalue weighted by Crippen LogP contribution is -2.33. The Morgan fingerprint density at radius 2 is 2.15 bits per heavy atom. The van der Waals surface area contributed by atoms with Crippen molar-refractivity contribution in [2.45, 2.75) is 25.7 Å². The van der Waals surface area contributed by atoms with Crippen LogP contribution in [0.25, 0.3) is 6.08 Å². The molecule has 1 saturated heterocycles. The summed E-state index contributed by atoms with van der Waals surface area (Å²) < 4.78 is 6.18. The number of furan rings is 1. The number of hydrogen-bond donors (Lipinski definition) is 1. The smallest absolute Gasteiger partial charge is 0.244 e. The number of nitrogens with one attached hydrogen (secondary N) is 1. The number of carbonyl (C=O) groups is 1. The molecule has 0 radical (unpaired) electrons. The van der Waals surface area contributed by atoms with Crippen LogP contribution in [0.5, 0.6) is 0 Å². The van der Waals surface area contributed by atoms with E-state index in [1.54, 1.807) is 6.08 Å². The van der Waals surface area contributed by atoms with Crippen molar-refractivity contribution in [3.63, 3.8) is 0 Å². The van der Waals surface area contributed by atoms with Gasteiger partial charge in [-0.25, -0.2) is 0 Å². The second-order valence-corrected chi connectivity index (χ2v) is 6.09. The molecule has 1 aromatic rings. The largest absolute Gasteiger partial charge is 0.451 e. The van der Waals surface area contributed by atoms with Gasteiger partial charge in [0.2, 0.25) is 5.91 Å². The van der Waals surface area contributed by atoms with Crippen molar-refractivity contribution >= 4 is 34.6 Å². The van der Waals surface area contributed by atoms with E-state index in [1.807, 2.05) is 12.1 Å². The Hall–Kier alpha value is -0.820. The van der Waals surface area contributed by atoms with Gasteiger partial charge in [0.15, 0.2) is 3.77 Å². The topological polar surface area (TPSA) is 45.5 Å². The van der Waals surface area contributed by atoms with Crippen molar-refractivity contribution < 1.29 is 9.21 Å². The summed E-state index contributed by atoms with van der Waals surface area (Å²) in [6.07, 6.45) is 8.23. The normalized spacial score (nSPS) is 16.6. The van der Waals surface area contributed by atoms with Gasteiger partial charge in [-0.2, -0.15) is 0 Å². The molecule has 2 rings (SSSR count). The lowest BCUT2D eigenvalue weighted by Gasteiger charge is -2.26. The van der Waals surface area contributed by atoms with Crippen LogP contribution in [0.3, 0.4) is 0 Å². The summed E-state index contributed by atoms with van der Waals surface area (Å²) in [5.41, 5.74) is 0. The van der Waals surface area contributed by atoms with E-state index < -0.39 is 0 Å². The summed E-state index contributed by atoms with van der Waals surface area (Å²) >= 11 is 2.10. The lowest BCUT2D eigenvalue weighted by molar-refractivity contribution is -0.116. The van der Waals surface area contributed by atoms with Crippen LogP contribution in [0.15, 0.2) is 22.6 Å². The molecule has 0 unspecified atom stereocenters. The molecule has 1 fully saturated rings. The Morgan fingerprint density at radius 3 is 2.85 bits per heavy atom. The number of piperidine rings is 1. The molecule has 110 valence electrons. The van der Waals surface area contributed by atoms with E-state index in [9.17, 15) is 4.79 Å². The van der Waals surface area contributed by atoms with E-state index in [4.69, 9.17) is 4.42 Å². The molecule has 0 bridgehead atoms. The zero-order chi connectivity index (χ0) is 14.2. The number of nitrogens with zero attached hydrogens (tertiary/aromatic N) is 1. The molecule has 4 nitrogen and oxygen atoms in total. The Balaban J connectivity index is 1.59. The Labute approximate surface area is 133 Å². The van der Waals surface area contributed by atoms with Crippen molar-refractivity contribution in [1.29, 1.82) is 0 Å². The number of likely N-dealkylation sites (tertiary alicyclic amines) is 1. The minimum absolute atomic E-state index is 0.0601. The third kappa shape index (κ3) is 5.66. The summed E-state index contributed by atoms with van der Waals surface area (Å²) in [6, 6.07) is 3.72. The Bertz CT molecular complexity index is 450. The SMILES string of the molecule is O=C(/C=C/c1ccc(I)o1)NCCCN1CCCCC1. The molecule has 0 saturated carbocycles. The predicted octanol–water partition coefficient (Wildman–Crippen LogP) is 2.89. The summed E-state index contributed by atoms with van der Waals surface area (Å²) in [5.74, 6) is 0.646. The lowest BCUT2D eigenvalue weighted by atomic mass is 10.1. The van der Waals surface area contributed by atoms with Crippen LogP contribution in [0.1, 0.15) is 31.4 Å².